The maximum absolute atomic E-state index is 9.24. The van der Waals surface area contributed by atoms with Crippen molar-refractivity contribution >= 4 is 223 Å². The summed E-state index contributed by atoms with van der Waals surface area (Å²) in [5.74, 6) is 0. The number of fused-ring (bicyclic) bond motifs is 12. The molecule has 0 aliphatic carbocycles. The average molecular weight is 1740 g/mol. The Labute approximate surface area is 678 Å². The lowest BCUT2D eigenvalue weighted by molar-refractivity contribution is 0.425. The van der Waals surface area contributed by atoms with Crippen molar-refractivity contribution in [1.29, 1.82) is 0 Å². The molecule has 532 valence electrons. The minimum Gasteiger partial charge on any atom is -0.456 e. The second-order valence-corrected chi connectivity index (χ2v) is 39.6. The van der Waals surface area contributed by atoms with Crippen molar-refractivity contribution in [2.75, 3.05) is 0 Å². The summed E-state index contributed by atoms with van der Waals surface area (Å²) in [4.78, 5) is 0. The monoisotopic (exact) mass is 1740 g/mol. The SMILES string of the molecule is Brc1cccc(-c2cccc3c2oc2ccccc23)c1.Brc1cccc(I)c1.Cl[Si](Cl)(c1ccccc1)c1ccccc1.OB(O)c1cccc2c1oc1ccccc12.c1ccc([Si](c2ccccc2)(c2cccc(-c3cccc4c3oc3ccccc34)c2)c2cccc(-c3cccc4c3oc3ccccc34)c2)cc1. The van der Waals surface area contributed by atoms with Crippen LogP contribution in [-0.4, -0.2) is 31.9 Å². The summed E-state index contributed by atoms with van der Waals surface area (Å²) >= 11 is 22.1. The van der Waals surface area contributed by atoms with Crippen molar-refractivity contribution in [1.82, 2.24) is 0 Å². The van der Waals surface area contributed by atoms with E-state index in [-0.39, 0.29) is 0 Å². The summed E-state index contributed by atoms with van der Waals surface area (Å²) in [6.45, 7) is -2.51. The van der Waals surface area contributed by atoms with Gasteiger partial charge in [-0.25, -0.2) is 0 Å². The molecule has 6 nitrogen and oxygen atoms in total. The van der Waals surface area contributed by atoms with Crippen LogP contribution in [0.3, 0.4) is 0 Å². The standard InChI is InChI=1S/C48H32O2Si.C18H11BrO.C12H9BO3.C12H10Cl2Si.C6H4BrI/c1-3-17-35(18-4-1)51(36-19-5-2-6-20-36,37-21-11-15-33(31-37)39-25-13-27-43-41-23-7-9-29-45(41)49-47(39)43)38-22-12-16-34(32-38)40-26-14-28-44-42-24-8-10-30-46(42)50-48(40)44;19-13-6-3-5-12(11-13)14-8-4-9-16-15-7-1-2-10-17(15)20-18(14)16;14-13(15)10-6-3-5-9-8-4-1-2-7-11(8)16-12(9)10;13-15(14,11-7-3-1-4-8-11)12-9-5-2-6-10-12;7-5-2-1-3-6(8)4-5/h1-32H;1-11H;1-7,14-15H;1-10H;1-4H. The van der Waals surface area contributed by atoms with Gasteiger partial charge >= 0.3 is 13.8 Å². The number of hydrogen-bond donors (Lipinski definition) is 2. The first-order chi connectivity index (χ1) is 53.9. The van der Waals surface area contributed by atoms with E-state index < -0.39 is 21.9 Å². The highest BCUT2D eigenvalue weighted by Crippen LogP contribution is 2.40. The highest BCUT2D eigenvalue weighted by molar-refractivity contribution is 14.1. The van der Waals surface area contributed by atoms with Crippen molar-refractivity contribution in [3.63, 3.8) is 0 Å². The predicted molar refractivity (Wildman–Crippen MR) is 482 cm³/mol. The molecule has 2 N–H and O–H groups in total. The molecule has 0 saturated heterocycles. The average Bonchev–Trinajstić information content (AvgIpc) is 0.997. The summed E-state index contributed by atoms with van der Waals surface area (Å²) in [6.07, 6.45) is 0. The topological polar surface area (TPSA) is 93.0 Å². The Kier molecular flexibility index (Phi) is 22.0. The Hall–Kier alpha value is -10.6. The van der Waals surface area contributed by atoms with Gasteiger partial charge in [-0.2, -0.15) is 0 Å². The zero-order chi connectivity index (χ0) is 75.1. The molecule has 0 radical (unpaired) electrons. The van der Waals surface area contributed by atoms with Crippen molar-refractivity contribution in [3.05, 3.63) is 401 Å². The minimum atomic E-state index is -2.89. The lowest BCUT2D eigenvalue weighted by Crippen LogP contribution is -2.74. The molecule has 0 atom stereocenters. The number of hydrogen-bond acceptors (Lipinski definition) is 6. The van der Waals surface area contributed by atoms with Gasteiger partial charge in [0.15, 0.2) is 8.07 Å². The second kappa shape index (κ2) is 32.9. The fourth-order valence-corrected chi connectivity index (χ4v) is 24.3. The van der Waals surface area contributed by atoms with Crippen molar-refractivity contribution in [3.8, 4) is 33.4 Å². The zero-order valence-electron chi connectivity index (χ0n) is 58.9. The van der Waals surface area contributed by atoms with Gasteiger partial charge in [-0.3, -0.25) is 0 Å². The van der Waals surface area contributed by atoms with Crippen LogP contribution in [0.15, 0.2) is 415 Å². The summed E-state index contributed by atoms with van der Waals surface area (Å²) in [5, 5.41) is 34.6. The fraction of sp³-hybridized carbons (Fsp3) is 0. The summed E-state index contributed by atoms with van der Waals surface area (Å²) in [7, 11) is -4.40. The maximum atomic E-state index is 9.24. The van der Waals surface area contributed by atoms with Gasteiger partial charge in [-0.05, 0) is 125 Å². The van der Waals surface area contributed by atoms with Crippen LogP contribution in [0.1, 0.15) is 0 Å². The molecule has 4 aromatic heterocycles. The van der Waals surface area contributed by atoms with Crippen molar-refractivity contribution < 1.29 is 27.7 Å². The molecule has 20 aromatic rings. The molecule has 0 bridgehead atoms. The van der Waals surface area contributed by atoms with E-state index in [0.29, 0.717) is 11.0 Å². The number of halogens is 5. The van der Waals surface area contributed by atoms with E-state index >= 15 is 0 Å². The van der Waals surface area contributed by atoms with Gasteiger partial charge in [0.2, 0.25) is 0 Å². The van der Waals surface area contributed by atoms with Gasteiger partial charge < -0.3 is 27.7 Å². The Morgan fingerprint density at radius 3 is 0.900 bits per heavy atom. The van der Waals surface area contributed by atoms with Crippen molar-refractivity contribution in [2.45, 2.75) is 0 Å². The lowest BCUT2D eigenvalue weighted by atomic mass is 9.79. The van der Waals surface area contributed by atoms with Crippen LogP contribution in [-0.2, 0) is 0 Å². The first-order valence-corrected chi connectivity index (χ1v) is 44.5. The molecular weight excluding hydrogens is 1670 g/mol. The molecule has 20 rings (SSSR count). The highest BCUT2D eigenvalue weighted by Gasteiger charge is 2.42. The first kappa shape index (κ1) is 73.5. The third kappa shape index (κ3) is 15.0. The fourth-order valence-electron chi connectivity index (χ4n) is 14.7. The quantitative estimate of drug-likeness (QED) is 0.0613. The number of benzene rings is 16. The largest absolute Gasteiger partial charge is 0.492 e. The van der Waals surface area contributed by atoms with Gasteiger partial charge in [-0.15, -0.1) is 22.2 Å². The Bertz CT molecular complexity index is 6380. The van der Waals surface area contributed by atoms with Crippen LogP contribution >= 0.6 is 76.6 Å². The van der Waals surface area contributed by atoms with E-state index in [1.165, 1.54) is 29.7 Å². The van der Waals surface area contributed by atoms with Crippen molar-refractivity contribution in [2.24, 2.45) is 0 Å². The molecule has 110 heavy (non-hydrogen) atoms. The second-order valence-electron chi connectivity index (χ2n) is 26.4. The minimum absolute atomic E-state index is 0.397. The third-order valence-electron chi connectivity index (χ3n) is 19.7. The number of rotatable bonds is 10. The Morgan fingerprint density at radius 1 is 0.264 bits per heavy atom. The predicted octanol–water partition coefficient (Wildman–Crippen LogP) is 23.3. The molecule has 0 fully saturated rings. The molecule has 0 amide bonds. The number of furan rings is 4. The van der Waals surface area contributed by atoms with E-state index in [0.717, 1.165) is 129 Å². The van der Waals surface area contributed by atoms with Gasteiger partial charge in [0.25, 0.3) is 0 Å². The van der Waals surface area contributed by atoms with Gasteiger partial charge in [0.1, 0.15) is 44.7 Å². The Morgan fingerprint density at radius 2 is 0.545 bits per heavy atom. The van der Waals surface area contributed by atoms with Crippen LogP contribution in [0.5, 0.6) is 0 Å². The summed E-state index contributed by atoms with van der Waals surface area (Å²) in [5.41, 5.74) is 14.0. The molecule has 0 aliphatic rings. The van der Waals surface area contributed by atoms with Gasteiger partial charge in [-0.1, -0.05) is 366 Å². The van der Waals surface area contributed by atoms with Crippen LogP contribution < -0.4 is 36.6 Å². The number of para-hydroxylation sites is 8. The van der Waals surface area contributed by atoms with Crippen LogP contribution in [0.2, 0.25) is 0 Å². The van der Waals surface area contributed by atoms with E-state index in [2.05, 4.69) is 285 Å². The molecular formula is C96H66BBr2Cl2IO6Si2. The van der Waals surface area contributed by atoms with Gasteiger partial charge in [0, 0.05) is 77.8 Å². The molecule has 4 heterocycles. The third-order valence-corrected chi connectivity index (χ3v) is 30.9. The van der Waals surface area contributed by atoms with Crippen LogP contribution in [0, 0.1) is 3.57 Å². The molecule has 16 aromatic carbocycles. The summed E-state index contributed by atoms with van der Waals surface area (Å²) in [6, 6.07) is 134. The maximum Gasteiger partial charge on any atom is 0.492 e. The molecule has 0 unspecified atom stereocenters. The summed E-state index contributed by atoms with van der Waals surface area (Å²) < 4.78 is 28.2. The van der Waals surface area contributed by atoms with E-state index in [1.54, 1.807) is 12.1 Å². The van der Waals surface area contributed by atoms with Gasteiger partial charge in [0.05, 0.1) is 0 Å². The highest BCUT2D eigenvalue weighted by atomic mass is 127. The van der Waals surface area contributed by atoms with E-state index in [9.17, 15) is 10.0 Å². The van der Waals surface area contributed by atoms with E-state index in [1.807, 2.05) is 146 Å². The first-order valence-electron chi connectivity index (χ1n) is 35.8. The zero-order valence-corrected chi connectivity index (χ0v) is 67.8. The molecule has 0 saturated carbocycles. The lowest BCUT2D eigenvalue weighted by Gasteiger charge is -2.35. The molecule has 14 heteroatoms. The Balaban J connectivity index is 0.000000126. The molecule has 0 spiro atoms. The van der Waals surface area contributed by atoms with Crippen LogP contribution in [0.25, 0.3) is 121 Å². The smallest absolute Gasteiger partial charge is 0.456 e. The molecule has 0 aliphatic heterocycles. The van der Waals surface area contributed by atoms with Crippen LogP contribution in [0.4, 0.5) is 0 Å². The normalized spacial score (nSPS) is 11.4. The van der Waals surface area contributed by atoms with E-state index in [4.69, 9.17) is 39.8 Å².